The van der Waals surface area contributed by atoms with Gasteiger partial charge in [0.2, 0.25) is 5.91 Å². The second-order valence-electron chi connectivity index (χ2n) is 6.21. The van der Waals surface area contributed by atoms with Gasteiger partial charge in [0.25, 0.3) is 5.91 Å². The van der Waals surface area contributed by atoms with Crippen molar-refractivity contribution >= 4 is 41.0 Å². The maximum Gasteiger partial charge on any atom is 0.301 e. The first kappa shape index (κ1) is 18.7. The minimum atomic E-state index is -0.313. The van der Waals surface area contributed by atoms with Gasteiger partial charge in [-0.2, -0.15) is 4.98 Å². The Bertz CT molecular complexity index is 822. The third-order valence-corrected chi connectivity index (χ3v) is 5.13. The van der Waals surface area contributed by atoms with E-state index in [4.69, 9.17) is 27.6 Å². The van der Waals surface area contributed by atoms with Crippen LogP contribution in [0.2, 0.25) is 10.0 Å². The molecule has 2 aromatic rings. The lowest BCUT2D eigenvalue weighted by Gasteiger charge is -2.32. The first-order valence-electron chi connectivity index (χ1n) is 8.47. The number of aromatic nitrogens is 1. The maximum atomic E-state index is 12.7. The van der Waals surface area contributed by atoms with Gasteiger partial charge in [-0.15, -0.1) is 0 Å². The van der Waals surface area contributed by atoms with E-state index in [0.29, 0.717) is 35.1 Å². The number of rotatable bonds is 4. The molecule has 0 radical (unpaired) electrons. The monoisotopic (exact) mass is 395 g/mol. The lowest BCUT2D eigenvalue weighted by molar-refractivity contribution is -0.121. The lowest BCUT2D eigenvalue weighted by atomic mass is 9.96. The fourth-order valence-corrected chi connectivity index (χ4v) is 3.22. The number of hydrogen-bond acceptors (Lipinski definition) is 4. The standard InChI is InChI=1S/C18H19Cl2N3O3/c1-2-13-10-26-18(21-13)22-16(24)12-4-3-7-23(9-12)17(25)11-5-6-14(19)15(20)8-11/h5-6,8,10,12H,2-4,7,9H2,1H3,(H,21,22,24)/t12-/m1/s1. The Balaban J connectivity index is 1.65. The van der Waals surface area contributed by atoms with Crippen LogP contribution < -0.4 is 5.32 Å². The average Bonchev–Trinajstić information content (AvgIpc) is 3.11. The van der Waals surface area contributed by atoms with E-state index in [1.807, 2.05) is 6.92 Å². The summed E-state index contributed by atoms with van der Waals surface area (Å²) in [4.78, 5) is 31.0. The van der Waals surface area contributed by atoms with Crippen LogP contribution in [-0.2, 0) is 11.2 Å². The highest BCUT2D eigenvalue weighted by Crippen LogP contribution is 2.25. The van der Waals surface area contributed by atoms with E-state index in [1.165, 1.54) is 6.26 Å². The Morgan fingerprint density at radius 1 is 1.35 bits per heavy atom. The molecule has 1 aromatic carbocycles. The number of likely N-dealkylation sites (tertiary alicyclic amines) is 1. The second kappa shape index (κ2) is 8.10. The lowest BCUT2D eigenvalue weighted by Crippen LogP contribution is -2.43. The number of anilines is 1. The summed E-state index contributed by atoms with van der Waals surface area (Å²) in [6, 6.07) is 4.98. The smallest absolute Gasteiger partial charge is 0.301 e. The number of nitrogens with one attached hydrogen (secondary N) is 1. The number of oxazole rings is 1. The van der Waals surface area contributed by atoms with Crippen molar-refractivity contribution in [3.63, 3.8) is 0 Å². The quantitative estimate of drug-likeness (QED) is 0.847. The summed E-state index contributed by atoms with van der Waals surface area (Å²) in [7, 11) is 0. The van der Waals surface area contributed by atoms with E-state index < -0.39 is 0 Å². The Morgan fingerprint density at radius 2 is 2.15 bits per heavy atom. The maximum absolute atomic E-state index is 12.7. The van der Waals surface area contributed by atoms with Gasteiger partial charge in [0.05, 0.1) is 21.7 Å². The van der Waals surface area contributed by atoms with E-state index in [1.54, 1.807) is 23.1 Å². The molecule has 2 heterocycles. The predicted octanol–water partition coefficient (Wildman–Crippen LogP) is 4.03. The van der Waals surface area contributed by atoms with Crippen molar-refractivity contribution in [1.29, 1.82) is 0 Å². The van der Waals surface area contributed by atoms with Crippen LogP contribution in [0.15, 0.2) is 28.9 Å². The fraction of sp³-hybridized carbons (Fsp3) is 0.389. The summed E-state index contributed by atoms with van der Waals surface area (Å²) >= 11 is 11.9. The van der Waals surface area contributed by atoms with E-state index in [-0.39, 0.29) is 23.7 Å². The number of nitrogens with zero attached hydrogens (tertiary/aromatic N) is 2. The minimum absolute atomic E-state index is 0.162. The van der Waals surface area contributed by atoms with Gasteiger partial charge in [0.15, 0.2) is 0 Å². The molecule has 1 saturated heterocycles. The number of benzene rings is 1. The summed E-state index contributed by atoms with van der Waals surface area (Å²) < 4.78 is 5.23. The van der Waals surface area contributed by atoms with Crippen LogP contribution in [0.5, 0.6) is 0 Å². The van der Waals surface area contributed by atoms with Gasteiger partial charge in [0.1, 0.15) is 6.26 Å². The van der Waals surface area contributed by atoms with Crippen molar-refractivity contribution in [2.45, 2.75) is 26.2 Å². The zero-order valence-electron chi connectivity index (χ0n) is 14.3. The Morgan fingerprint density at radius 3 is 2.85 bits per heavy atom. The summed E-state index contributed by atoms with van der Waals surface area (Å²) in [5.74, 6) is -0.668. The molecule has 1 fully saturated rings. The van der Waals surface area contributed by atoms with Crippen molar-refractivity contribution in [3.8, 4) is 0 Å². The van der Waals surface area contributed by atoms with Crippen LogP contribution in [0, 0.1) is 5.92 Å². The number of amides is 2. The molecule has 6 nitrogen and oxygen atoms in total. The number of piperidine rings is 1. The molecule has 1 N–H and O–H groups in total. The predicted molar refractivity (Wildman–Crippen MR) is 99.6 cm³/mol. The van der Waals surface area contributed by atoms with Gasteiger partial charge in [-0.25, -0.2) is 0 Å². The van der Waals surface area contributed by atoms with Crippen LogP contribution in [0.1, 0.15) is 35.8 Å². The molecule has 0 unspecified atom stereocenters. The molecule has 0 spiro atoms. The molecule has 8 heteroatoms. The van der Waals surface area contributed by atoms with Crippen molar-refractivity contribution in [3.05, 3.63) is 45.8 Å². The zero-order valence-corrected chi connectivity index (χ0v) is 15.8. The van der Waals surface area contributed by atoms with Gasteiger partial charge >= 0.3 is 6.01 Å². The number of halogens is 2. The fourth-order valence-electron chi connectivity index (χ4n) is 2.92. The number of carbonyl (C=O) groups is 2. The normalized spacial score (nSPS) is 17.2. The van der Waals surface area contributed by atoms with Crippen molar-refractivity contribution in [1.82, 2.24) is 9.88 Å². The zero-order chi connectivity index (χ0) is 18.7. The first-order chi connectivity index (χ1) is 12.5. The highest BCUT2D eigenvalue weighted by Gasteiger charge is 2.29. The molecule has 1 aromatic heterocycles. The molecule has 0 aliphatic carbocycles. The largest absolute Gasteiger partial charge is 0.432 e. The highest BCUT2D eigenvalue weighted by atomic mass is 35.5. The van der Waals surface area contributed by atoms with Crippen LogP contribution in [0.3, 0.4) is 0 Å². The Labute approximate surface area is 161 Å². The Kier molecular flexibility index (Phi) is 5.84. The molecule has 0 bridgehead atoms. The molecule has 1 atom stereocenters. The first-order valence-corrected chi connectivity index (χ1v) is 9.23. The molecule has 1 aliphatic heterocycles. The van der Waals surface area contributed by atoms with Gasteiger partial charge in [-0.1, -0.05) is 30.1 Å². The summed E-state index contributed by atoms with van der Waals surface area (Å²) in [6.07, 6.45) is 3.71. The van der Waals surface area contributed by atoms with E-state index in [0.717, 1.165) is 18.5 Å². The van der Waals surface area contributed by atoms with E-state index in [9.17, 15) is 9.59 Å². The third-order valence-electron chi connectivity index (χ3n) is 4.39. The average molecular weight is 396 g/mol. The van der Waals surface area contributed by atoms with E-state index >= 15 is 0 Å². The van der Waals surface area contributed by atoms with Crippen molar-refractivity contribution < 1.29 is 14.0 Å². The number of aryl methyl sites for hydroxylation is 1. The molecule has 138 valence electrons. The molecular weight excluding hydrogens is 377 g/mol. The second-order valence-corrected chi connectivity index (χ2v) is 7.02. The van der Waals surface area contributed by atoms with Gasteiger partial charge < -0.3 is 9.32 Å². The summed E-state index contributed by atoms with van der Waals surface area (Å²) in [6.45, 7) is 2.89. The molecule has 0 saturated carbocycles. The number of hydrogen-bond donors (Lipinski definition) is 1. The van der Waals surface area contributed by atoms with Crippen molar-refractivity contribution in [2.24, 2.45) is 5.92 Å². The topological polar surface area (TPSA) is 75.4 Å². The van der Waals surface area contributed by atoms with Gasteiger partial charge in [-0.3, -0.25) is 14.9 Å². The minimum Gasteiger partial charge on any atom is -0.432 e. The summed E-state index contributed by atoms with van der Waals surface area (Å²) in [5, 5.41) is 3.42. The highest BCUT2D eigenvalue weighted by molar-refractivity contribution is 6.42. The van der Waals surface area contributed by atoms with Crippen LogP contribution >= 0.6 is 23.2 Å². The summed E-state index contributed by atoms with van der Waals surface area (Å²) in [5.41, 5.74) is 1.24. The molecular formula is C18H19Cl2N3O3. The molecule has 26 heavy (non-hydrogen) atoms. The van der Waals surface area contributed by atoms with Gasteiger partial charge in [-0.05, 0) is 37.5 Å². The van der Waals surface area contributed by atoms with Crippen LogP contribution in [0.4, 0.5) is 6.01 Å². The van der Waals surface area contributed by atoms with Crippen LogP contribution in [-0.4, -0.2) is 34.8 Å². The van der Waals surface area contributed by atoms with Crippen molar-refractivity contribution in [2.75, 3.05) is 18.4 Å². The third kappa shape index (κ3) is 4.19. The molecule has 2 amide bonds. The molecule has 1 aliphatic rings. The number of carbonyl (C=O) groups excluding carboxylic acids is 2. The Hall–Kier alpha value is -2.05. The molecule has 3 rings (SSSR count). The van der Waals surface area contributed by atoms with E-state index in [2.05, 4.69) is 10.3 Å². The SMILES string of the molecule is CCc1coc(NC(=O)[C@@H]2CCCN(C(=O)c3ccc(Cl)c(Cl)c3)C2)n1. The van der Waals surface area contributed by atoms with Crippen LogP contribution in [0.25, 0.3) is 0 Å². The van der Waals surface area contributed by atoms with Gasteiger partial charge in [0, 0.05) is 18.7 Å².